The number of alkyl halides is 1. The molecule has 0 fully saturated rings. The monoisotopic (exact) mass is 728 g/mol. The fourth-order valence-corrected chi connectivity index (χ4v) is 3.24. The van der Waals surface area contributed by atoms with Gasteiger partial charge in [-0.15, -0.1) is 0 Å². The van der Waals surface area contributed by atoms with E-state index in [1.54, 1.807) is 11.8 Å². The molecule has 6 nitrogen and oxygen atoms in total. The normalized spacial score (nSPS) is 10.3. The summed E-state index contributed by atoms with van der Waals surface area (Å²) in [5.41, 5.74) is 0. The van der Waals surface area contributed by atoms with Crippen molar-refractivity contribution in [2.24, 2.45) is 0 Å². The Labute approximate surface area is 204 Å². The molecule has 0 heterocycles. The second kappa shape index (κ2) is 28.5. The van der Waals surface area contributed by atoms with Crippen molar-refractivity contribution in [3.05, 3.63) is 0 Å². The van der Waals surface area contributed by atoms with Crippen LogP contribution in [0.4, 0.5) is 0 Å². The zero-order valence-electron chi connectivity index (χ0n) is 15.1. The van der Waals surface area contributed by atoms with Crippen LogP contribution in [0.15, 0.2) is 0 Å². The highest BCUT2D eigenvalue weighted by atomic mass is 80.0. The Morgan fingerprint density at radius 3 is 1.30 bits per heavy atom. The van der Waals surface area contributed by atoms with Crippen LogP contribution in [-0.2, 0) is 19.7 Å². The summed E-state index contributed by atoms with van der Waals surface area (Å²) in [6.45, 7) is 0.286. The van der Waals surface area contributed by atoms with Crippen molar-refractivity contribution in [3.8, 4) is 0 Å². The largest absolute Gasteiger partial charge is 0.396 e. The summed E-state index contributed by atoms with van der Waals surface area (Å²) in [6.07, 6.45) is 6.42. The lowest BCUT2D eigenvalue weighted by molar-refractivity contribution is 0.295. The smallest absolute Gasteiger partial charge is 0.147 e. The van der Waals surface area contributed by atoms with Gasteiger partial charge in [0.25, 0.3) is 0 Å². The van der Waals surface area contributed by atoms with Crippen LogP contribution in [0.25, 0.3) is 0 Å². The molecule has 0 aromatic heterocycles. The summed E-state index contributed by atoms with van der Waals surface area (Å²) in [4.78, 5) is 0. The van der Waals surface area contributed by atoms with Gasteiger partial charge in [-0.2, -0.15) is 11.8 Å². The fourth-order valence-electron chi connectivity index (χ4n) is 0.852. The van der Waals surface area contributed by atoms with Crippen LogP contribution >= 0.6 is 78.2 Å². The van der Waals surface area contributed by atoms with Gasteiger partial charge < -0.3 is 10.2 Å². The molecular weight excluding hydrogens is 699 g/mol. The van der Waals surface area contributed by atoms with Gasteiger partial charge in [-0.3, -0.25) is 0 Å². The van der Waals surface area contributed by atoms with E-state index in [9.17, 15) is 16.8 Å². The standard InChI is InChI=1S/C4H9BrO2S.C4H10O3S.C4H10OS.CH4.Br3P/c2*1-8(6,7)4-2-3-5;1-6-4-2-3-5;;1-4(2)3/h2-4H2,1H3;5H,2-4H2,1H3;5H,2-4H2,1H3;1H4;. The highest BCUT2D eigenvalue weighted by Gasteiger charge is 1.98. The molecule has 0 atom stereocenters. The molecule has 0 bridgehead atoms. The summed E-state index contributed by atoms with van der Waals surface area (Å²) in [5.74, 6) is 1.46. The van der Waals surface area contributed by atoms with E-state index in [1.165, 1.54) is 6.26 Å². The van der Waals surface area contributed by atoms with Crippen LogP contribution in [0, 0.1) is 0 Å². The molecule has 0 saturated carbocycles. The van der Waals surface area contributed by atoms with E-state index in [1.807, 2.05) is 6.26 Å². The molecule has 0 unspecified atom stereocenters. The summed E-state index contributed by atoms with van der Waals surface area (Å²) in [6, 6.07) is 0. The minimum atomic E-state index is -2.85. The molecule has 0 aliphatic heterocycles. The first-order valence-corrected chi connectivity index (χ1v) is 21.2. The van der Waals surface area contributed by atoms with Gasteiger partial charge in [0, 0.05) is 31.1 Å². The molecule has 0 aliphatic rings. The van der Waals surface area contributed by atoms with Gasteiger partial charge in [0.2, 0.25) is 0 Å². The maximum atomic E-state index is 10.4. The highest BCUT2D eigenvalue weighted by Crippen LogP contribution is 2.59. The molecule has 0 aromatic rings. The molecular formula is C13H33Br4O6PS3. The first-order chi connectivity index (χ1) is 11.8. The van der Waals surface area contributed by atoms with Gasteiger partial charge in [-0.25, -0.2) is 16.8 Å². The van der Waals surface area contributed by atoms with Crippen molar-refractivity contribution in [3.63, 3.8) is 0 Å². The first kappa shape index (κ1) is 39.9. The van der Waals surface area contributed by atoms with Gasteiger partial charge in [0.15, 0.2) is 0 Å². The number of thioether (sulfide) groups is 1. The predicted octanol–water partition coefficient (Wildman–Crippen LogP) is 5.00. The van der Waals surface area contributed by atoms with Gasteiger partial charge in [-0.1, -0.05) is 23.4 Å². The summed E-state index contributed by atoms with van der Waals surface area (Å²) >= 11 is 14.4. The summed E-state index contributed by atoms with van der Waals surface area (Å²) in [5, 5.41) is 17.1. The molecule has 0 radical (unpaired) electrons. The highest BCUT2D eigenvalue weighted by molar-refractivity contribution is 9.93. The molecule has 0 saturated heterocycles. The second-order valence-electron chi connectivity index (χ2n) is 4.64. The third kappa shape index (κ3) is 83.3. The third-order valence-corrected chi connectivity index (χ3v) is 5.15. The Morgan fingerprint density at radius 1 is 0.852 bits per heavy atom. The minimum absolute atomic E-state index is 0. The average Bonchev–Trinajstić information content (AvgIpc) is 2.48. The number of aliphatic hydroxyl groups is 2. The van der Waals surface area contributed by atoms with E-state index in [0.29, 0.717) is 19.4 Å². The van der Waals surface area contributed by atoms with Crippen LogP contribution in [0.3, 0.4) is 0 Å². The fraction of sp³-hybridized carbons (Fsp3) is 1.00. The van der Waals surface area contributed by atoms with E-state index >= 15 is 0 Å². The van der Waals surface area contributed by atoms with Crippen molar-refractivity contribution in [2.45, 2.75) is 26.7 Å². The van der Waals surface area contributed by atoms with Crippen molar-refractivity contribution in [1.29, 1.82) is 0 Å². The maximum absolute atomic E-state index is 10.4. The summed E-state index contributed by atoms with van der Waals surface area (Å²) in [7, 11) is -5.56. The molecule has 172 valence electrons. The molecule has 2 N–H and O–H groups in total. The zero-order valence-corrected chi connectivity index (χ0v) is 24.8. The SMILES string of the molecule is BrP(Br)Br.C.CS(=O)(=O)CCCBr.CS(=O)(=O)CCCO.CSCCCO. The van der Waals surface area contributed by atoms with E-state index in [-0.39, 0.29) is 29.6 Å². The Bertz CT molecular complexity index is 422. The van der Waals surface area contributed by atoms with Crippen LogP contribution in [-0.4, -0.2) is 81.6 Å². The lowest BCUT2D eigenvalue weighted by Crippen LogP contribution is -2.03. The zero-order chi connectivity index (χ0) is 21.6. The number of rotatable bonds is 9. The van der Waals surface area contributed by atoms with E-state index in [4.69, 9.17) is 10.2 Å². The van der Waals surface area contributed by atoms with E-state index in [2.05, 4.69) is 62.4 Å². The second-order valence-corrected chi connectivity index (χ2v) is 26.3. The minimum Gasteiger partial charge on any atom is -0.396 e. The van der Waals surface area contributed by atoms with Gasteiger partial charge in [0.1, 0.15) is 23.7 Å². The molecule has 0 amide bonds. The quantitative estimate of drug-likeness (QED) is 0.196. The average molecular weight is 732 g/mol. The van der Waals surface area contributed by atoms with Crippen molar-refractivity contribution >= 4 is 97.9 Å². The van der Waals surface area contributed by atoms with Crippen LogP contribution in [0.5, 0.6) is 0 Å². The molecule has 0 spiro atoms. The number of sulfone groups is 2. The maximum Gasteiger partial charge on any atom is 0.147 e. The Morgan fingerprint density at radius 2 is 1.19 bits per heavy atom. The number of hydrogen-bond donors (Lipinski definition) is 2. The van der Waals surface area contributed by atoms with Gasteiger partial charge >= 0.3 is 0 Å². The van der Waals surface area contributed by atoms with Crippen LogP contribution in [0.2, 0.25) is 0 Å². The Kier molecular flexibility index (Phi) is 42.2. The topological polar surface area (TPSA) is 109 Å². The molecule has 27 heavy (non-hydrogen) atoms. The summed E-state index contributed by atoms with van der Waals surface area (Å²) < 4.78 is 41.1. The van der Waals surface area contributed by atoms with E-state index in [0.717, 1.165) is 23.8 Å². The number of aliphatic hydroxyl groups excluding tert-OH is 2. The Balaban J connectivity index is -0.0000000811. The molecule has 0 aliphatic carbocycles. The third-order valence-electron chi connectivity index (χ3n) is 1.83. The van der Waals surface area contributed by atoms with E-state index < -0.39 is 19.7 Å². The molecule has 14 heteroatoms. The van der Waals surface area contributed by atoms with Crippen molar-refractivity contribution in [2.75, 3.05) is 54.6 Å². The van der Waals surface area contributed by atoms with Crippen molar-refractivity contribution in [1.82, 2.24) is 0 Å². The van der Waals surface area contributed by atoms with Gasteiger partial charge in [0.05, 0.1) is 11.5 Å². The lowest BCUT2D eigenvalue weighted by atomic mass is 10.5. The molecule has 0 rings (SSSR count). The van der Waals surface area contributed by atoms with Gasteiger partial charge in [-0.05, 0) is 77.7 Å². The molecule has 0 aromatic carbocycles. The predicted molar refractivity (Wildman–Crippen MR) is 140 cm³/mol. The first-order valence-electron chi connectivity index (χ1n) is 7.16. The van der Waals surface area contributed by atoms with Crippen molar-refractivity contribution < 1.29 is 27.0 Å². The van der Waals surface area contributed by atoms with Crippen LogP contribution < -0.4 is 0 Å². The number of halogens is 4. The Hall–Kier alpha value is 2.52. The van der Waals surface area contributed by atoms with Crippen LogP contribution in [0.1, 0.15) is 26.7 Å². The lowest BCUT2D eigenvalue weighted by Gasteiger charge is -1.91. The number of hydrogen-bond acceptors (Lipinski definition) is 7.